The highest BCUT2D eigenvalue weighted by atomic mass is 16.5. The van der Waals surface area contributed by atoms with Crippen molar-refractivity contribution in [2.24, 2.45) is 0 Å². The molecule has 0 aliphatic rings. The minimum atomic E-state index is -0.257. The lowest BCUT2D eigenvalue weighted by Gasteiger charge is -2.14. The van der Waals surface area contributed by atoms with E-state index >= 15 is 0 Å². The number of hydrogen-bond donors (Lipinski definition) is 0. The molecule has 0 unspecified atom stereocenters. The molecule has 0 saturated carbocycles. The van der Waals surface area contributed by atoms with Gasteiger partial charge in [-0.05, 0) is 24.1 Å². The Morgan fingerprint density at radius 2 is 1.62 bits per heavy atom. The number of nitrogens with zero attached hydrogens (tertiary/aromatic N) is 2. The second kappa shape index (κ2) is 7.63. The van der Waals surface area contributed by atoms with Gasteiger partial charge in [0.05, 0.1) is 28.4 Å². The summed E-state index contributed by atoms with van der Waals surface area (Å²) >= 11 is 0. The van der Waals surface area contributed by atoms with E-state index in [-0.39, 0.29) is 23.2 Å². The summed E-state index contributed by atoms with van der Waals surface area (Å²) in [6, 6.07) is 3.58. The maximum Gasteiger partial charge on any atom is 0.319 e. The number of aryl methyl sites for hydroxylation is 1. The fraction of sp³-hybridized carbons (Fsp3) is 0.353. The Balaban J connectivity index is 2.57. The first-order valence-corrected chi connectivity index (χ1v) is 7.34. The molecule has 1 heterocycles. The van der Waals surface area contributed by atoms with Crippen molar-refractivity contribution in [3.05, 3.63) is 35.0 Å². The van der Waals surface area contributed by atoms with Crippen LogP contribution >= 0.6 is 0 Å². The van der Waals surface area contributed by atoms with Crippen LogP contribution in [-0.2, 0) is 6.42 Å². The Hall–Kier alpha value is -2.83. The van der Waals surface area contributed by atoms with Gasteiger partial charge in [0, 0.05) is 11.8 Å². The van der Waals surface area contributed by atoms with Gasteiger partial charge in [-0.2, -0.15) is 4.98 Å². The molecule has 0 amide bonds. The first kappa shape index (κ1) is 17.5. The Morgan fingerprint density at radius 1 is 0.958 bits per heavy atom. The summed E-state index contributed by atoms with van der Waals surface area (Å²) in [5, 5.41) is 0. The molecule has 0 aliphatic carbocycles. The third kappa shape index (κ3) is 3.24. The normalized spacial score (nSPS) is 10.2. The van der Waals surface area contributed by atoms with E-state index in [1.54, 1.807) is 19.2 Å². The summed E-state index contributed by atoms with van der Waals surface area (Å²) in [4.78, 5) is 21.0. The molecule has 2 rings (SSSR count). The fourth-order valence-corrected chi connectivity index (χ4v) is 2.33. The van der Waals surface area contributed by atoms with Gasteiger partial charge in [-0.25, -0.2) is 4.98 Å². The van der Waals surface area contributed by atoms with Crippen LogP contribution in [0.4, 0.5) is 0 Å². The molecule has 7 heteroatoms. The molecule has 7 nitrogen and oxygen atoms in total. The van der Waals surface area contributed by atoms with Crippen molar-refractivity contribution < 1.29 is 23.7 Å². The Bertz CT molecular complexity index is 746. The van der Waals surface area contributed by atoms with Crippen molar-refractivity contribution in [1.29, 1.82) is 0 Å². The lowest BCUT2D eigenvalue weighted by molar-refractivity contribution is 0.103. The standard InChI is InChI=1S/C17H20N2O5/c1-6-10-7-13(21-2)14(22-3)8-11(10)15(20)12-9-18-17(24-5)19-16(12)23-4/h7-9H,6H2,1-5H3. The molecule has 24 heavy (non-hydrogen) atoms. The summed E-state index contributed by atoms with van der Waals surface area (Å²) in [6.07, 6.45) is 2.05. The number of carbonyl (C=O) groups is 1. The second-order valence-electron chi connectivity index (χ2n) is 4.83. The van der Waals surface area contributed by atoms with Crippen LogP contribution in [0.3, 0.4) is 0 Å². The highest BCUT2D eigenvalue weighted by molar-refractivity contribution is 6.11. The molecule has 2 aromatic rings. The molecule has 0 spiro atoms. The van der Waals surface area contributed by atoms with Gasteiger partial charge in [-0.15, -0.1) is 0 Å². The third-order valence-electron chi connectivity index (χ3n) is 3.59. The molecule has 0 atom stereocenters. The predicted octanol–water partition coefficient (Wildman–Crippen LogP) is 2.30. The summed E-state index contributed by atoms with van der Waals surface area (Å²) in [5.41, 5.74) is 1.57. The number of methoxy groups -OCH3 is 4. The van der Waals surface area contributed by atoms with Gasteiger partial charge in [-0.3, -0.25) is 4.79 Å². The molecule has 0 fully saturated rings. The van der Waals surface area contributed by atoms with Crippen LogP contribution in [0, 0.1) is 0 Å². The summed E-state index contributed by atoms with van der Waals surface area (Å²) in [7, 11) is 5.96. The summed E-state index contributed by atoms with van der Waals surface area (Å²) in [6.45, 7) is 1.96. The predicted molar refractivity (Wildman–Crippen MR) is 87.5 cm³/mol. The average Bonchev–Trinajstić information content (AvgIpc) is 2.65. The lowest BCUT2D eigenvalue weighted by Crippen LogP contribution is -2.10. The third-order valence-corrected chi connectivity index (χ3v) is 3.59. The highest BCUT2D eigenvalue weighted by Crippen LogP contribution is 2.33. The van der Waals surface area contributed by atoms with Crippen molar-refractivity contribution in [2.45, 2.75) is 13.3 Å². The van der Waals surface area contributed by atoms with E-state index < -0.39 is 0 Å². The van der Waals surface area contributed by atoms with Crippen molar-refractivity contribution in [2.75, 3.05) is 28.4 Å². The van der Waals surface area contributed by atoms with E-state index in [0.717, 1.165) is 5.56 Å². The van der Waals surface area contributed by atoms with E-state index in [2.05, 4.69) is 9.97 Å². The van der Waals surface area contributed by atoms with Gasteiger partial charge < -0.3 is 18.9 Å². The van der Waals surface area contributed by atoms with Crippen LogP contribution < -0.4 is 18.9 Å². The Kier molecular flexibility index (Phi) is 5.57. The number of rotatable bonds is 7. The van der Waals surface area contributed by atoms with Crippen molar-refractivity contribution in [3.8, 4) is 23.4 Å². The second-order valence-corrected chi connectivity index (χ2v) is 4.83. The van der Waals surface area contributed by atoms with Crippen LogP contribution in [0.5, 0.6) is 23.4 Å². The molecule has 0 saturated heterocycles. The maximum atomic E-state index is 13.0. The van der Waals surface area contributed by atoms with Gasteiger partial charge >= 0.3 is 6.01 Å². The quantitative estimate of drug-likeness (QED) is 0.720. The van der Waals surface area contributed by atoms with Crippen LogP contribution in [0.1, 0.15) is 28.4 Å². The summed E-state index contributed by atoms with van der Waals surface area (Å²) < 4.78 is 20.7. The van der Waals surface area contributed by atoms with Crippen LogP contribution in [0.25, 0.3) is 0 Å². The largest absolute Gasteiger partial charge is 0.493 e. The van der Waals surface area contributed by atoms with Gasteiger partial charge in [0.2, 0.25) is 5.88 Å². The van der Waals surface area contributed by atoms with E-state index in [0.29, 0.717) is 23.5 Å². The van der Waals surface area contributed by atoms with Gasteiger partial charge in [0.1, 0.15) is 5.56 Å². The van der Waals surface area contributed by atoms with Crippen LogP contribution in [0.15, 0.2) is 18.3 Å². The SMILES string of the molecule is CCc1cc(OC)c(OC)cc1C(=O)c1cnc(OC)nc1OC. The topological polar surface area (TPSA) is 79.8 Å². The molecule has 128 valence electrons. The van der Waals surface area contributed by atoms with Crippen molar-refractivity contribution >= 4 is 5.78 Å². The van der Waals surface area contributed by atoms with E-state index in [1.165, 1.54) is 27.5 Å². The number of hydrogen-bond acceptors (Lipinski definition) is 7. The van der Waals surface area contributed by atoms with Crippen LogP contribution in [-0.4, -0.2) is 44.2 Å². The first-order valence-electron chi connectivity index (χ1n) is 7.34. The Morgan fingerprint density at radius 3 is 2.17 bits per heavy atom. The maximum absolute atomic E-state index is 13.0. The van der Waals surface area contributed by atoms with Crippen LogP contribution in [0.2, 0.25) is 0 Å². The fourth-order valence-electron chi connectivity index (χ4n) is 2.33. The molecule has 0 bridgehead atoms. The zero-order chi connectivity index (χ0) is 17.7. The average molecular weight is 332 g/mol. The van der Waals surface area contributed by atoms with E-state index in [1.807, 2.05) is 6.92 Å². The number of aromatic nitrogens is 2. The van der Waals surface area contributed by atoms with E-state index in [9.17, 15) is 4.79 Å². The minimum absolute atomic E-state index is 0.131. The molecular formula is C17H20N2O5. The highest BCUT2D eigenvalue weighted by Gasteiger charge is 2.22. The molecule has 1 aromatic carbocycles. The monoisotopic (exact) mass is 332 g/mol. The number of benzene rings is 1. The zero-order valence-corrected chi connectivity index (χ0v) is 14.4. The molecule has 0 N–H and O–H groups in total. The smallest absolute Gasteiger partial charge is 0.319 e. The zero-order valence-electron chi connectivity index (χ0n) is 14.4. The molecule has 1 aromatic heterocycles. The van der Waals surface area contributed by atoms with Gasteiger partial charge in [0.25, 0.3) is 0 Å². The molecule has 0 aliphatic heterocycles. The van der Waals surface area contributed by atoms with Crippen molar-refractivity contribution in [1.82, 2.24) is 9.97 Å². The number of ketones is 1. The minimum Gasteiger partial charge on any atom is -0.493 e. The number of carbonyl (C=O) groups excluding carboxylic acids is 1. The Labute approximate surface area is 140 Å². The summed E-state index contributed by atoms with van der Waals surface area (Å²) in [5.74, 6) is 0.950. The number of ether oxygens (including phenoxy) is 4. The van der Waals surface area contributed by atoms with Crippen molar-refractivity contribution in [3.63, 3.8) is 0 Å². The molecule has 0 radical (unpaired) electrons. The van der Waals surface area contributed by atoms with Gasteiger partial charge in [0.15, 0.2) is 17.3 Å². The van der Waals surface area contributed by atoms with E-state index in [4.69, 9.17) is 18.9 Å². The first-order chi connectivity index (χ1) is 11.6. The molecular weight excluding hydrogens is 312 g/mol. The lowest BCUT2D eigenvalue weighted by atomic mass is 9.97. The van der Waals surface area contributed by atoms with Gasteiger partial charge in [-0.1, -0.05) is 6.92 Å².